The molecule has 6 nitrogen and oxygen atoms in total. The van der Waals surface area contributed by atoms with Crippen molar-refractivity contribution >= 4 is 0 Å². The van der Waals surface area contributed by atoms with Gasteiger partial charge in [-0.3, -0.25) is 0 Å². The highest BCUT2D eigenvalue weighted by molar-refractivity contribution is 5.53. The highest BCUT2D eigenvalue weighted by Crippen LogP contribution is 2.24. The smallest absolute Gasteiger partial charge is 0.247 e. The minimum Gasteiger partial charge on any atom is -0.497 e. The van der Waals surface area contributed by atoms with Crippen LogP contribution in [0.3, 0.4) is 0 Å². The van der Waals surface area contributed by atoms with Gasteiger partial charge in [0.05, 0.1) is 7.11 Å². The molecule has 0 aliphatic rings. The van der Waals surface area contributed by atoms with E-state index in [0.717, 1.165) is 17.7 Å². The highest BCUT2D eigenvalue weighted by atomic mass is 16.5. The zero-order chi connectivity index (χ0) is 14.5. The van der Waals surface area contributed by atoms with Crippen LogP contribution in [0.2, 0.25) is 0 Å². The van der Waals surface area contributed by atoms with Gasteiger partial charge in [0.15, 0.2) is 0 Å². The maximum Gasteiger partial charge on any atom is 0.247 e. The van der Waals surface area contributed by atoms with Gasteiger partial charge in [-0.25, -0.2) is 0 Å². The fraction of sp³-hybridized carbons (Fsp3) is 0.429. The molecule has 0 radical (unpaired) electrons. The number of nitrogens with two attached hydrogens (primary N) is 1. The second kappa shape index (κ2) is 6.49. The van der Waals surface area contributed by atoms with Crippen LogP contribution in [0, 0.1) is 0 Å². The Kier molecular flexibility index (Phi) is 4.70. The molecule has 0 aliphatic heterocycles. The van der Waals surface area contributed by atoms with Crippen molar-refractivity contribution in [3.8, 4) is 17.2 Å². The summed E-state index contributed by atoms with van der Waals surface area (Å²) in [6, 6.07) is 6.84. The second-order valence-electron chi connectivity index (χ2n) is 4.57. The molecule has 2 aromatic rings. The number of aliphatic hydroxyl groups excluding tert-OH is 1. The summed E-state index contributed by atoms with van der Waals surface area (Å²) in [5.74, 6) is 1.25. The van der Waals surface area contributed by atoms with Gasteiger partial charge in [-0.2, -0.15) is 0 Å². The Morgan fingerprint density at radius 2 is 2.00 bits per heavy atom. The first-order valence-corrected chi connectivity index (χ1v) is 6.57. The molecule has 0 aliphatic carbocycles. The van der Waals surface area contributed by atoms with Crippen LogP contribution in [0.5, 0.6) is 5.75 Å². The van der Waals surface area contributed by atoms with E-state index in [1.54, 1.807) is 19.2 Å². The fourth-order valence-corrected chi connectivity index (χ4v) is 1.88. The summed E-state index contributed by atoms with van der Waals surface area (Å²) >= 11 is 0. The molecule has 2 rings (SSSR count). The lowest BCUT2D eigenvalue weighted by atomic mass is 10.1. The molecular formula is C14H19N3O3. The van der Waals surface area contributed by atoms with E-state index in [2.05, 4.69) is 10.2 Å². The number of aliphatic hydroxyl groups is 1. The quantitative estimate of drug-likeness (QED) is 0.837. The molecule has 6 heteroatoms. The van der Waals surface area contributed by atoms with E-state index >= 15 is 0 Å². The Morgan fingerprint density at radius 3 is 2.60 bits per heavy atom. The van der Waals surface area contributed by atoms with Gasteiger partial charge in [-0.15, -0.1) is 10.2 Å². The standard InChI is InChI=1S/C14H19N3O3/c1-3-4-11(15)12(18)14-17-16-13(20-14)9-5-7-10(19-2)8-6-9/h5-8,11-12,18H,3-4,15H2,1-2H3/t11?,12-/m0/s1. The molecule has 0 saturated heterocycles. The number of benzene rings is 1. The summed E-state index contributed by atoms with van der Waals surface area (Å²) in [5.41, 5.74) is 6.62. The summed E-state index contributed by atoms with van der Waals surface area (Å²) in [4.78, 5) is 0. The van der Waals surface area contributed by atoms with Crippen LogP contribution in [0.1, 0.15) is 31.8 Å². The number of rotatable bonds is 6. The van der Waals surface area contributed by atoms with Crippen molar-refractivity contribution in [1.82, 2.24) is 10.2 Å². The van der Waals surface area contributed by atoms with E-state index in [1.807, 2.05) is 19.1 Å². The number of nitrogens with zero attached hydrogens (tertiary/aromatic N) is 2. The van der Waals surface area contributed by atoms with Crippen molar-refractivity contribution in [3.63, 3.8) is 0 Å². The monoisotopic (exact) mass is 277 g/mol. The summed E-state index contributed by atoms with van der Waals surface area (Å²) in [6.07, 6.45) is 0.647. The van der Waals surface area contributed by atoms with Gasteiger partial charge < -0.3 is 20.0 Å². The second-order valence-corrected chi connectivity index (χ2v) is 4.57. The van der Waals surface area contributed by atoms with E-state index < -0.39 is 12.1 Å². The number of hydrogen-bond acceptors (Lipinski definition) is 6. The minimum absolute atomic E-state index is 0.150. The normalized spacial score (nSPS) is 14.0. The predicted molar refractivity (Wildman–Crippen MR) is 74.1 cm³/mol. The van der Waals surface area contributed by atoms with E-state index in [1.165, 1.54) is 0 Å². The lowest BCUT2D eigenvalue weighted by Gasteiger charge is -2.13. The third kappa shape index (κ3) is 3.15. The molecule has 1 aromatic heterocycles. The molecule has 20 heavy (non-hydrogen) atoms. The zero-order valence-electron chi connectivity index (χ0n) is 11.6. The van der Waals surface area contributed by atoms with Crippen LogP contribution in [-0.4, -0.2) is 28.5 Å². The maximum atomic E-state index is 10.0. The van der Waals surface area contributed by atoms with Crippen LogP contribution in [0.4, 0.5) is 0 Å². The molecular weight excluding hydrogens is 258 g/mol. The average molecular weight is 277 g/mol. The van der Waals surface area contributed by atoms with Crippen LogP contribution >= 0.6 is 0 Å². The molecule has 0 amide bonds. The number of methoxy groups -OCH3 is 1. The van der Waals surface area contributed by atoms with Gasteiger partial charge in [0.2, 0.25) is 11.8 Å². The first-order valence-electron chi connectivity index (χ1n) is 6.57. The maximum absolute atomic E-state index is 10.0. The molecule has 0 spiro atoms. The minimum atomic E-state index is -0.936. The van der Waals surface area contributed by atoms with Gasteiger partial charge in [-0.05, 0) is 30.7 Å². The Balaban J connectivity index is 2.15. The Hall–Kier alpha value is -1.92. The number of ether oxygens (including phenoxy) is 1. The van der Waals surface area contributed by atoms with Crippen molar-refractivity contribution in [3.05, 3.63) is 30.2 Å². The van der Waals surface area contributed by atoms with E-state index in [0.29, 0.717) is 12.3 Å². The van der Waals surface area contributed by atoms with Crippen molar-refractivity contribution in [1.29, 1.82) is 0 Å². The Morgan fingerprint density at radius 1 is 1.30 bits per heavy atom. The Labute approximate surface area is 117 Å². The molecule has 0 fully saturated rings. The lowest BCUT2D eigenvalue weighted by molar-refractivity contribution is 0.112. The van der Waals surface area contributed by atoms with Gasteiger partial charge in [0.1, 0.15) is 11.9 Å². The van der Waals surface area contributed by atoms with Crippen molar-refractivity contribution in [2.75, 3.05) is 7.11 Å². The molecule has 2 atom stereocenters. The topological polar surface area (TPSA) is 94.4 Å². The van der Waals surface area contributed by atoms with Gasteiger partial charge >= 0.3 is 0 Å². The van der Waals surface area contributed by atoms with Crippen molar-refractivity contribution in [2.24, 2.45) is 5.73 Å². The number of hydrogen-bond donors (Lipinski definition) is 2. The van der Waals surface area contributed by atoms with Crippen LogP contribution in [0.15, 0.2) is 28.7 Å². The van der Waals surface area contributed by atoms with E-state index in [4.69, 9.17) is 14.9 Å². The average Bonchev–Trinajstić information content (AvgIpc) is 2.96. The molecule has 0 saturated carbocycles. The lowest BCUT2D eigenvalue weighted by Crippen LogP contribution is -2.28. The third-order valence-corrected chi connectivity index (χ3v) is 3.06. The SMILES string of the molecule is CCCC(N)[C@H](O)c1nnc(-c2ccc(OC)cc2)o1. The van der Waals surface area contributed by atoms with Gasteiger partial charge in [0, 0.05) is 11.6 Å². The third-order valence-electron chi connectivity index (χ3n) is 3.06. The zero-order valence-corrected chi connectivity index (χ0v) is 11.6. The van der Waals surface area contributed by atoms with Crippen molar-refractivity contribution < 1.29 is 14.3 Å². The van der Waals surface area contributed by atoms with Gasteiger partial charge in [0.25, 0.3) is 0 Å². The summed E-state index contributed by atoms with van der Waals surface area (Å²) < 4.78 is 10.6. The van der Waals surface area contributed by atoms with E-state index in [9.17, 15) is 5.11 Å². The first kappa shape index (κ1) is 14.5. The van der Waals surface area contributed by atoms with Crippen molar-refractivity contribution in [2.45, 2.75) is 31.9 Å². The largest absolute Gasteiger partial charge is 0.497 e. The molecule has 1 aromatic carbocycles. The van der Waals surface area contributed by atoms with Crippen LogP contribution in [0.25, 0.3) is 11.5 Å². The van der Waals surface area contributed by atoms with Crippen LogP contribution < -0.4 is 10.5 Å². The molecule has 1 heterocycles. The van der Waals surface area contributed by atoms with Gasteiger partial charge in [-0.1, -0.05) is 13.3 Å². The first-order chi connectivity index (χ1) is 9.65. The summed E-state index contributed by atoms with van der Waals surface area (Å²) in [5, 5.41) is 17.8. The van der Waals surface area contributed by atoms with Crippen LogP contribution in [-0.2, 0) is 0 Å². The number of aromatic nitrogens is 2. The summed E-state index contributed by atoms with van der Waals surface area (Å²) in [7, 11) is 1.60. The highest BCUT2D eigenvalue weighted by Gasteiger charge is 2.22. The molecule has 3 N–H and O–H groups in total. The molecule has 0 bridgehead atoms. The fourth-order valence-electron chi connectivity index (χ4n) is 1.88. The molecule has 1 unspecified atom stereocenters. The molecule has 108 valence electrons. The van der Waals surface area contributed by atoms with E-state index in [-0.39, 0.29) is 5.89 Å². The predicted octanol–water partition coefficient (Wildman–Crippen LogP) is 1.91. The summed E-state index contributed by atoms with van der Waals surface area (Å²) in [6.45, 7) is 2.00. The Bertz CT molecular complexity index is 539.